The molecule has 82 valence electrons. The van der Waals surface area contributed by atoms with Crippen LogP contribution in [0.1, 0.15) is 33.6 Å². The average molecular weight is 198 g/mol. The average Bonchev–Trinajstić information content (AvgIpc) is 2.95. The predicted octanol–water partition coefficient (Wildman–Crippen LogP) is 1.13. The minimum atomic E-state index is 0.128. The largest absolute Gasteiger partial charge is 0.352 e. The molecule has 1 fully saturated rings. The molecule has 1 amide bonds. The van der Waals surface area contributed by atoms with Crippen LogP contribution in [0.15, 0.2) is 0 Å². The van der Waals surface area contributed by atoms with Crippen LogP contribution in [0.25, 0.3) is 0 Å². The number of hydrogen-bond acceptors (Lipinski definition) is 2. The molecule has 3 N–H and O–H groups in total. The Hall–Kier alpha value is -0.570. The van der Waals surface area contributed by atoms with Crippen LogP contribution in [0, 0.1) is 17.8 Å². The maximum Gasteiger partial charge on any atom is 0.223 e. The minimum absolute atomic E-state index is 0.128. The van der Waals surface area contributed by atoms with Gasteiger partial charge in [0.05, 0.1) is 0 Å². The normalized spacial score (nSPS) is 20.6. The smallest absolute Gasteiger partial charge is 0.223 e. The summed E-state index contributed by atoms with van der Waals surface area (Å²) in [6.45, 7) is 6.71. The molecule has 0 bridgehead atoms. The molecule has 3 heteroatoms. The molecule has 14 heavy (non-hydrogen) atoms. The van der Waals surface area contributed by atoms with E-state index in [1.807, 2.05) is 6.92 Å². The van der Waals surface area contributed by atoms with Crippen LogP contribution in [0.3, 0.4) is 0 Å². The summed E-state index contributed by atoms with van der Waals surface area (Å²) in [5.74, 6) is 1.38. The molecule has 1 aliphatic rings. The summed E-state index contributed by atoms with van der Waals surface area (Å²) in [7, 11) is 0. The fourth-order valence-corrected chi connectivity index (χ4v) is 1.62. The zero-order valence-electron chi connectivity index (χ0n) is 9.42. The third kappa shape index (κ3) is 2.98. The van der Waals surface area contributed by atoms with Gasteiger partial charge in [0.2, 0.25) is 5.91 Å². The first kappa shape index (κ1) is 11.5. The lowest BCUT2D eigenvalue weighted by molar-refractivity contribution is -0.126. The lowest BCUT2D eigenvalue weighted by atomic mass is 10.0. The number of hydrogen-bond donors (Lipinski definition) is 2. The van der Waals surface area contributed by atoms with Crippen molar-refractivity contribution in [3.8, 4) is 0 Å². The van der Waals surface area contributed by atoms with Crippen molar-refractivity contribution in [3.63, 3.8) is 0 Å². The highest BCUT2D eigenvalue weighted by Gasteiger charge is 2.33. The zero-order chi connectivity index (χ0) is 10.7. The molecule has 0 aromatic heterocycles. The van der Waals surface area contributed by atoms with Crippen molar-refractivity contribution < 1.29 is 4.79 Å². The molecule has 2 atom stereocenters. The highest BCUT2D eigenvalue weighted by Crippen LogP contribution is 2.36. The Bertz CT molecular complexity index is 199. The summed E-state index contributed by atoms with van der Waals surface area (Å²) < 4.78 is 0. The first-order chi connectivity index (χ1) is 6.56. The molecule has 3 nitrogen and oxygen atoms in total. The van der Waals surface area contributed by atoms with E-state index in [0.717, 1.165) is 0 Å². The molecule has 1 saturated carbocycles. The second-order valence-corrected chi connectivity index (χ2v) is 4.72. The van der Waals surface area contributed by atoms with E-state index in [9.17, 15) is 4.79 Å². The van der Waals surface area contributed by atoms with E-state index in [1.165, 1.54) is 12.8 Å². The standard InChI is InChI=1S/C11H22N2O/c1-7(2)10(6-12)13-11(14)8(3)9-4-5-9/h7-10H,4-6,12H2,1-3H3,(H,13,14). The van der Waals surface area contributed by atoms with Crippen LogP contribution < -0.4 is 11.1 Å². The Morgan fingerprint density at radius 1 is 1.43 bits per heavy atom. The number of carbonyl (C=O) groups excluding carboxylic acids is 1. The van der Waals surface area contributed by atoms with Crippen molar-refractivity contribution in [2.24, 2.45) is 23.5 Å². The van der Waals surface area contributed by atoms with Gasteiger partial charge in [0.15, 0.2) is 0 Å². The molecule has 0 aromatic carbocycles. The third-order valence-corrected chi connectivity index (χ3v) is 3.13. The molecule has 0 heterocycles. The Morgan fingerprint density at radius 3 is 2.36 bits per heavy atom. The fourth-order valence-electron chi connectivity index (χ4n) is 1.62. The number of nitrogens with two attached hydrogens (primary N) is 1. The van der Waals surface area contributed by atoms with Gasteiger partial charge in [0.25, 0.3) is 0 Å². The third-order valence-electron chi connectivity index (χ3n) is 3.13. The molecule has 0 radical (unpaired) electrons. The van der Waals surface area contributed by atoms with Gasteiger partial charge in [-0.1, -0.05) is 20.8 Å². The quantitative estimate of drug-likeness (QED) is 0.696. The molecule has 0 spiro atoms. The SMILES string of the molecule is CC(C)C(CN)NC(=O)C(C)C1CC1. The van der Waals surface area contributed by atoms with Gasteiger partial charge in [-0.25, -0.2) is 0 Å². The molecule has 1 rings (SSSR count). The lowest BCUT2D eigenvalue weighted by Crippen LogP contribution is -2.45. The van der Waals surface area contributed by atoms with Crippen LogP contribution in [0.2, 0.25) is 0 Å². The van der Waals surface area contributed by atoms with E-state index < -0.39 is 0 Å². The molecular formula is C11H22N2O. The number of rotatable bonds is 5. The summed E-state index contributed by atoms with van der Waals surface area (Å²) in [4.78, 5) is 11.7. The molecule has 1 aliphatic carbocycles. The topological polar surface area (TPSA) is 55.1 Å². The van der Waals surface area contributed by atoms with E-state index in [-0.39, 0.29) is 17.9 Å². The highest BCUT2D eigenvalue weighted by molar-refractivity contribution is 5.79. The molecule has 0 saturated heterocycles. The highest BCUT2D eigenvalue weighted by atomic mass is 16.1. The monoisotopic (exact) mass is 198 g/mol. The van der Waals surface area contributed by atoms with Gasteiger partial charge in [0.1, 0.15) is 0 Å². The minimum Gasteiger partial charge on any atom is -0.352 e. The zero-order valence-corrected chi connectivity index (χ0v) is 9.42. The summed E-state index contributed by atoms with van der Waals surface area (Å²) >= 11 is 0. The number of carbonyl (C=O) groups is 1. The van der Waals surface area contributed by atoms with Crippen molar-refractivity contribution in [3.05, 3.63) is 0 Å². The Balaban J connectivity index is 2.37. The van der Waals surface area contributed by atoms with Gasteiger partial charge >= 0.3 is 0 Å². The van der Waals surface area contributed by atoms with Gasteiger partial charge in [-0.05, 0) is 24.7 Å². The van der Waals surface area contributed by atoms with Crippen LogP contribution >= 0.6 is 0 Å². The van der Waals surface area contributed by atoms with E-state index in [2.05, 4.69) is 19.2 Å². The summed E-state index contributed by atoms with van der Waals surface area (Å²) in [6, 6.07) is 0.128. The van der Waals surface area contributed by atoms with Crippen LogP contribution in [0.5, 0.6) is 0 Å². The fraction of sp³-hybridized carbons (Fsp3) is 0.909. The Kier molecular flexibility index (Phi) is 3.93. The number of amides is 1. The van der Waals surface area contributed by atoms with Gasteiger partial charge in [-0.2, -0.15) is 0 Å². The lowest BCUT2D eigenvalue weighted by Gasteiger charge is -2.22. The number of nitrogens with one attached hydrogen (secondary N) is 1. The first-order valence-corrected chi connectivity index (χ1v) is 5.56. The molecule has 0 aliphatic heterocycles. The van der Waals surface area contributed by atoms with Crippen LogP contribution in [-0.2, 0) is 4.79 Å². The van der Waals surface area contributed by atoms with Gasteiger partial charge in [-0.15, -0.1) is 0 Å². The van der Waals surface area contributed by atoms with Gasteiger partial charge < -0.3 is 11.1 Å². The van der Waals surface area contributed by atoms with E-state index in [1.54, 1.807) is 0 Å². The van der Waals surface area contributed by atoms with Crippen molar-refractivity contribution in [2.45, 2.75) is 39.7 Å². The van der Waals surface area contributed by atoms with Crippen LogP contribution in [0.4, 0.5) is 0 Å². The Morgan fingerprint density at radius 2 is 2.00 bits per heavy atom. The molecule has 0 aromatic rings. The van der Waals surface area contributed by atoms with Gasteiger partial charge in [0, 0.05) is 18.5 Å². The summed E-state index contributed by atoms with van der Waals surface area (Å²) in [5.41, 5.74) is 5.60. The summed E-state index contributed by atoms with van der Waals surface area (Å²) in [5, 5.41) is 3.02. The second-order valence-electron chi connectivity index (χ2n) is 4.72. The Labute approximate surface area is 86.4 Å². The van der Waals surface area contributed by atoms with E-state index >= 15 is 0 Å². The van der Waals surface area contributed by atoms with Crippen molar-refractivity contribution >= 4 is 5.91 Å². The van der Waals surface area contributed by atoms with Gasteiger partial charge in [-0.3, -0.25) is 4.79 Å². The maximum atomic E-state index is 11.7. The van der Waals surface area contributed by atoms with Crippen molar-refractivity contribution in [1.82, 2.24) is 5.32 Å². The van der Waals surface area contributed by atoms with Crippen molar-refractivity contribution in [2.75, 3.05) is 6.54 Å². The maximum absolute atomic E-state index is 11.7. The first-order valence-electron chi connectivity index (χ1n) is 5.56. The molecule has 2 unspecified atom stereocenters. The second kappa shape index (κ2) is 4.78. The summed E-state index contributed by atoms with van der Waals surface area (Å²) in [6.07, 6.45) is 2.42. The van der Waals surface area contributed by atoms with E-state index in [4.69, 9.17) is 5.73 Å². The molecular weight excluding hydrogens is 176 g/mol. The van der Waals surface area contributed by atoms with Crippen molar-refractivity contribution in [1.29, 1.82) is 0 Å². The predicted molar refractivity (Wildman–Crippen MR) is 57.7 cm³/mol. The van der Waals surface area contributed by atoms with Crippen LogP contribution in [-0.4, -0.2) is 18.5 Å². The van der Waals surface area contributed by atoms with E-state index in [0.29, 0.717) is 18.4 Å².